The highest BCUT2D eigenvalue weighted by atomic mass is 35.5. The Bertz CT molecular complexity index is 869. The van der Waals surface area contributed by atoms with E-state index in [0.29, 0.717) is 22.7 Å². The van der Waals surface area contributed by atoms with E-state index in [4.69, 9.17) is 21.1 Å². The van der Waals surface area contributed by atoms with E-state index < -0.39 is 5.97 Å². The predicted octanol–water partition coefficient (Wildman–Crippen LogP) is 5.22. The van der Waals surface area contributed by atoms with Gasteiger partial charge in [-0.15, -0.1) is 0 Å². The first-order valence-electron chi connectivity index (χ1n) is 7.46. The van der Waals surface area contributed by atoms with Gasteiger partial charge in [0.15, 0.2) is 0 Å². The summed E-state index contributed by atoms with van der Waals surface area (Å²) in [6.45, 7) is 2.25. The van der Waals surface area contributed by atoms with Gasteiger partial charge in [0, 0.05) is 16.3 Å². The summed E-state index contributed by atoms with van der Waals surface area (Å²) in [6.07, 6.45) is 0. The zero-order chi connectivity index (χ0) is 17.1. The largest absolute Gasteiger partial charge is 0.478 e. The number of hydrogen-bond donors (Lipinski definition) is 2. The molecule has 0 aliphatic rings. The summed E-state index contributed by atoms with van der Waals surface area (Å²) < 4.78 is 5.83. The van der Waals surface area contributed by atoms with E-state index in [0.717, 1.165) is 22.8 Å². The molecule has 0 fully saturated rings. The van der Waals surface area contributed by atoms with E-state index in [1.165, 1.54) is 0 Å². The van der Waals surface area contributed by atoms with Crippen molar-refractivity contribution < 1.29 is 14.3 Å². The van der Waals surface area contributed by atoms with Crippen molar-refractivity contribution in [1.29, 1.82) is 0 Å². The number of rotatable bonds is 5. The average Bonchev–Trinajstić information content (AvgIpc) is 3.03. The molecule has 0 amide bonds. The quantitative estimate of drug-likeness (QED) is 0.668. The Labute approximate surface area is 144 Å². The molecular formula is C19H16ClNO3. The smallest absolute Gasteiger partial charge is 0.336 e. The number of carboxylic acid groups (broad SMARTS) is 1. The van der Waals surface area contributed by atoms with Gasteiger partial charge in [-0.2, -0.15) is 0 Å². The van der Waals surface area contributed by atoms with Crippen LogP contribution in [-0.4, -0.2) is 11.1 Å². The van der Waals surface area contributed by atoms with Crippen molar-refractivity contribution in [3.8, 4) is 11.3 Å². The maximum atomic E-state index is 11.2. The Morgan fingerprint density at radius 2 is 1.88 bits per heavy atom. The second kappa shape index (κ2) is 6.81. The van der Waals surface area contributed by atoms with Gasteiger partial charge in [0.25, 0.3) is 0 Å². The van der Waals surface area contributed by atoms with Crippen molar-refractivity contribution in [3.63, 3.8) is 0 Å². The van der Waals surface area contributed by atoms with Crippen LogP contribution >= 0.6 is 11.6 Å². The number of nitrogens with one attached hydrogen (secondary N) is 1. The van der Waals surface area contributed by atoms with Crippen molar-refractivity contribution in [2.45, 2.75) is 13.5 Å². The molecule has 24 heavy (non-hydrogen) atoms. The van der Waals surface area contributed by atoms with Crippen LogP contribution in [0.15, 0.2) is 59.0 Å². The topological polar surface area (TPSA) is 62.5 Å². The Morgan fingerprint density at radius 1 is 1.12 bits per heavy atom. The molecule has 0 unspecified atom stereocenters. The van der Waals surface area contributed by atoms with Crippen LogP contribution in [0.25, 0.3) is 11.3 Å². The molecule has 1 heterocycles. The van der Waals surface area contributed by atoms with Crippen molar-refractivity contribution in [2.24, 2.45) is 0 Å². The summed E-state index contributed by atoms with van der Waals surface area (Å²) in [5.74, 6) is 0.596. The van der Waals surface area contributed by atoms with Crippen LogP contribution in [0.4, 0.5) is 5.69 Å². The number of carbonyl (C=O) groups is 1. The van der Waals surface area contributed by atoms with Gasteiger partial charge in [-0.25, -0.2) is 4.79 Å². The highest BCUT2D eigenvalue weighted by molar-refractivity contribution is 6.30. The lowest BCUT2D eigenvalue weighted by Gasteiger charge is -2.10. The van der Waals surface area contributed by atoms with Crippen molar-refractivity contribution in [1.82, 2.24) is 0 Å². The molecule has 0 aliphatic heterocycles. The molecule has 0 saturated heterocycles. The molecule has 2 aromatic carbocycles. The maximum absolute atomic E-state index is 11.2. The molecule has 4 nitrogen and oxygen atoms in total. The van der Waals surface area contributed by atoms with Crippen LogP contribution in [-0.2, 0) is 6.54 Å². The normalized spacial score (nSPS) is 10.6. The molecule has 0 bridgehead atoms. The summed E-state index contributed by atoms with van der Waals surface area (Å²) in [5, 5.41) is 13.1. The fourth-order valence-electron chi connectivity index (χ4n) is 2.48. The molecule has 122 valence electrons. The summed E-state index contributed by atoms with van der Waals surface area (Å²) >= 11 is 5.89. The zero-order valence-corrected chi connectivity index (χ0v) is 13.8. The molecule has 0 spiro atoms. The number of benzene rings is 2. The van der Waals surface area contributed by atoms with Gasteiger partial charge in [-0.3, -0.25) is 0 Å². The number of furan rings is 1. The van der Waals surface area contributed by atoms with Gasteiger partial charge in [0.2, 0.25) is 0 Å². The number of halogens is 1. The van der Waals surface area contributed by atoms with Crippen LogP contribution < -0.4 is 5.32 Å². The lowest BCUT2D eigenvalue weighted by Crippen LogP contribution is -2.05. The minimum Gasteiger partial charge on any atom is -0.478 e. The Morgan fingerprint density at radius 3 is 2.58 bits per heavy atom. The van der Waals surface area contributed by atoms with Gasteiger partial charge < -0.3 is 14.8 Å². The molecule has 0 radical (unpaired) electrons. The standard InChI is InChI=1S/C19H16ClNO3/c1-12-16(19(22)23)3-2-4-17(12)21-11-15-9-10-18(24-15)13-5-7-14(20)8-6-13/h2-10,21H,11H2,1H3,(H,22,23). The fraction of sp³-hybridized carbons (Fsp3) is 0.105. The van der Waals surface area contributed by atoms with Gasteiger partial charge in [-0.05, 0) is 61.0 Å². The van der Waals surface area contributed by atoms with E-state index in [1.54, 1.807) is 19.1 Å². The molecule has 0 aliphatic carbocycles. The third-order valence-electron chi connectivity index (χ3n) is 3.81. The third-order valence-corrected chi connectivity index (χ3v) is 4.06. The molecule has 1 aromatic heterocycles. The average molecular weight is 342 g/mol. The van der Waals surface area contributed by atoms with Crippen LogP contribution in [0.3, 0.4) is 0 Å². The first-order valence-corrected chi connectivity index (χ1v) is 7.84. The summed E-state index contributed by atoms with van der Waals surface area (Å²) in [7, 11) is 0. The minimum atomic E-state index is -0.931. The number of carboxylic acids is 1. The SMILES string of the molecule is Cc1c(NCc2ccc(-c3ccc(Cl)cc3)o2)cccc1C(=O)O. The monoisotopic (exact) mass is 341 g/mol. The highest BCUT2D eigenvalue weighted by Crippen LogP contribution is 2.25. The first-order chi connectivity index (χ1) is 11.5. The molecule has 0 atom stereocenters. The van der Waals surface area contributed by atoms with Crippen molar-refractivity contribution in [3.05, 3.63) is 76.5 Å². The Kier molecular flexibility index (Phi) is 4.58. The Hall–Kier alpha value is -2.72. The summed E-state index contributed by atoms with van der Waals surface area (Å²) in [5.41, 5.74) is 2.73. The van der Waals surface area contributed by atoms with Gasteiger partial charge in [0.05, 0.1) is 12.1 Å². The second-order valence-electron chi connectivity index (χ2n) is 5.41. The van der Waals surface area contributed by atoms with E-state index in [9.17, 15) is 4.79 Å². The van der Waals surface area contributed by atoms with Gasteiger partial charge in [0.1, 0.15) is 11.5 Å². The lowest BCUT2D eigenvalue weighted by molar-refractivity contribution is 0.0696. The predicted molar refractivity (Wildman–Crippen MR) is 94.6 cm³/mol. The molecule has 2 N–H and O–H groups in total. The van der Waals surface area contributed by atoms with E-state index in [1.807, 2.05) is 42.5 Å². The van der Waals surface area contributed by atoms with Crippen molar-refractivity contribution in [2.75, 3.05) is 5.32 Å². The molecular weight excluding hydrogens is 326 g/mol. The van der Waals surface area contributed by atoms with Gasteiger partial charge in [-0.1, -0.05) is 17.7 Å². The lowest BCUT2D eigenvalue weighted by atomic mass is 10.1. The number of anilines is 1. The number of aromatic carboxylic acids is 1. The van der Waals surface area contributed by atoms with E-state index >= 15 is 0 Å². The van der Waals surface area contributed by atoms with Crippen LogP contribution in [0.2, 0.25) is 5.02 Å². The minimum absolute atomic E-state index is 0.293. The zero-order valence-electron chi connectivity index (χ0n) is 13.0. The highest BCUT2D eigenvalue weighted by Gasteiger charge is 2.10. The van der Waals surface area contributed by atoms with Crippen molar-refractivity contribution >= 4 is 23.3 Å². The first kappa shape index (κ1) is 16.1. The second-order valence-corrected chi connectivity index (χ2v) is 5.85. The summed E-state index contributed by atoms with van der Waals surface area (Å²) in [4.78, 5) is 11.2. The van der Waals surface area contributed by atoms with E-state index in [-0.39, 0.29) is 0 Å². The molecule has 5 heteroatoms. The summed E-state index contributed by atoms with van der Waals surface area (Å²) in [6, 6.07) is 16.4. The van der Waals surface area contributed by atoms with E-state index in [2.05, 4.69) is 5.32 Å². The molecule has 0 saturated carbocycles. The van der Waals surface area contributed by atoms with Crippen LogP contribution in [0.5, 0.6) is 0 Å². The fourth-order valence-corrected chi connectivity index (χ4v) is 2.61. The van der Waals surface area contributed by atoms with Crippen LogP contribution in [0, 0.1) is 6.92 Å². The Balaban J connectivity index is 1.73. The van der Waals surface area contributed by atoms with Crippen LogP contribution in [0.1, 0.15) is 21.7 Å². The third kappa shape index (κ3) is 3.44. The molecule has 3 rings (SSSR count). The maximum Gasteiger partial charge on any atom is 0.336 e. The molecule has 3 aromatic rings. The van der Waals surface area contributed by atoms with Gasteiger partial charge >= 0.3 is 5.97 Å². The number of hydrogen-bond acceptors (Lipinski definition) is 3.